The number of phenols is 1. The van der Waals surface area contributed by atoms with Gasteiger partial charge >= 0.3 is 5.97 Å². The van der Waals surface area contributed by atoms with Crippen LogP contribution < -0.4 is 0 Å². The number of benzene rings is 1. The lowest BCUT2D eigenvalue weighted by atomic mass is 9.48. The second-order valence-electron chi connectivity index (χ2n) is 10.1. The van der Waals surface area contributed by atoms with E-state index in [9.17, 15) is 15.1 Å². The van der Waals surface area contributed by atoms with E-state index in [0.717, 1.165) is 65.4 Å². The third-order valence-corrected chi connectivity index (χ3v) is 8.07. The number of phenolic OH excluding ortho intramolecular Hbond substituents is 1. The third kappa shape index (κ3) is 3.40. The minimum atomic E-state index is -1.01. The number of allylic oxidation sites excluding steroid dienone is 5. The monoisotopic (exact) mass is 419 g/mol. The number of aromatic hydroxyl groups is 1. The summed E-state index contributed by atoms with van der Waals surface area (Å²) in [4.78, 5) is 10.9. The summed E-state index contributed by atoms with van der Waals surface area (Å²) in [6.07, 6.45) is 13.9. The van der Waals surface area contributed by atoms with Crippen molar-refractivity contribution in [3.05, 3.63) is 59.2 Å². The molecule has 5 heteroatoms. The van der Waals surface area contributed by atoms with Crippen molar-refractivity contribution >= 4 is 17.3 Å². The molecule has 1 atom stereocenters. The number of carbonyl (C=O) groups is 1. The largest absolute Gasteiger partial charge is 0.508 e. The SMILES string of the molecule is CC1C(C=CC(=O)O)=CC=C(c2ccc(O)c(C34CC5CC(CC(C5)C3)C4)c2)C1=NO. The summed E-state index contributed by atoms with van der Waals surface area (Å²) in [7, 11) is 0. The van der Waals surface area contributed by atoms with E-state index < -0.39 is 5.97 Å². The molecule has 4 fully saturated rings. The third-order valence-electron chi connectivity index (χ3n) is 8.07. The summed E-state index contributed by atoms with van der Waals surface area (Å²) in [6, 6.07) is 5.78. The van der Waals surface area contributed by atoms with Gasteiger partial charge in [-0.2, -0.15) is 0 Å². The Balaban J connectivity index is 1.54. The number of nitrogens with zero attached hydrogens (tertiary/aromatic N) is 1. The summed E-state index contributed by atoms with van der Waals surface area (Å²) < 4.78 is 0. The summed E-state index contributed by atoms with van der Waals surface area (Å²) in [5.74, 6) is 1.47. The van der Waals surface area contributed by atoms with Gasteiger partial charge in [-0.15, -0.1) is 0 Å². The van der Waals surface area contributed by atoms with Crippen molar-refractivity contribution in [2.24, 2.45) is 28.8 Å². The van der Waals surface area contributed by atoms with Gasteiger partial charge < -0.3 is 15.4 Å². The number of carboxylic acid groups (broad SMARTS) is 1. The van der Waals surface area contributed by atoms with Crippen molar-refractivity contribution < 1.29 is 20.2 Å². The fourth-order valence-corrected chi connectivity index (χ4v) is 7.12. The Hall–Kier alpha value is -2.82. The van der Waals surface area contributed by atoms with Gasteiger partial charge in [0.25, 0.3) is 0 Å². The van der Waals surface area contributed by atoms with Crippen molar-refractivity contribution in [2.75, 3.05) is 0 Å². The van der Waals surface area contributed by atoms with E-state index in [-0.39, 0.29) is 11.3 Å². The van der Waals surface area contributed by atoms with Gasteiger partial charge in [-0.1, -0.05) is 36.4 Å². The molecule has 162 valence electrons. The summed E-state index contributed by atoms with van der Waals surface area (Å²) >= 11 is 0. The normalized spacial score (nSPS) is 35.5. The first kappa shape index (κ1) is 20.1. The van der Waals surface area contributed by atoms with Gasteiger partial charge in [0.1, 0.15) is 5.75 Å². The highest BCUT2D eigenvalue weighted by molar-refractivity contribution is 6.26. The molecule has 5 aliphatic carbocycles. The van der Waals surface area contributed by atoms with Gasteiger partial charge in [0.15, 0.2) is 0 Å². The average molecular weight is 420 g/mol. The number of hydrogen-bond acceptors (Lipinski definition) is 4. The van der Waals surface area contributed by atoms with Crippen LogP contribution in [0.4, 0.5) is 0 Å². The average Bonchev–Trinajstić information content (AvgIpc) is 2.72. The lowest BCUT2D eigenvalue weighted by molar-refractivity contribution is -0.131. The van der Waals surface area contributed by atoms with Crippen LogP contribution in [0.15, 0.2) is 53.2 Å². The van der Waals surface area contributed by atoms with Gasteiger partial charge in [0.2, 0.25) is 0 Å². The van der Waals surface area contributed by atoms with Gasteiger partial charge in [0, 0.05) is 23.1 Å². The molecule has 1 aromatic carbocycles. The maximum absolute atomic E-state index is 10.9. The van der Waals surface area contributed by atoms with Crippen molar-refractivity contribution in [3.8, 4) is 5.75 Å². The van der Waals surface area contributed by atoms with Crippen molar-refractivity contribution in [1.29, 1.82) is 0 Å². The highest BCUT2D eigenvalue weighted by atomic mass is 16.4. The predicted molar refractivity (Wildman–Crippen MR) is 119 cm³/mol. The van der Waals surface area contributed by atoms with E-state index in [1.807, 2.05) is 25.1 Å². The Morgan fingerprint density at radius 2 is 1.74 bits per heavy atom. The molecule has 0 aromatic heterocycles. The molecule has 5 nitrogen and oxygen atoms in total. The molecule has 0 radical (unpaired) electrons. The van der Waals surface area contributed by atoms with Crippen LogP contribution in [0.2, 0.25) is 0 Å². The Morgan fingerprint density at radius 3 is 2.32 bits per heavy atom. The Labute approximate surface area is 182 Å². The molecular formula is C26H29NO4. The second-order valence-corrected chi connectivity index (χ2v) is 10.1. The number of rotatable bonds is 4. The fourth-order valence-electron chi connectivity index (χ4n) is 7.12. The first-order valence-electron chi connectivity index (χ1n) is 11.3. The molecule has 0 heterocycles. The van der Waals surface area contributed by atoms with Crippen LogP contribution >= 0.6 is 0 Å². The van der Waals surface area contributed by atoms with Crippen LogP contribution in [0.3, 0.4) is 0 Å². The molecule has 4 saturated carbocycles. The minimum Gasteiger partial charge on any atom is -0.508 e. The number of carboxylic acids is 1. The van der Waals surface area contributed by atoms with Gasteiger partial charge in [0.05, 0.1) is 5.71 Å². The number of aliphatic carboxylic acids is 1. The smallest absolute Gasteiger partial charge is 0.328 e. The van der Waals surface area contributed by atoms with Crippen molar-refractivity contribution in [3.63, 3.8) is 0 Å². The van der Waals surface area contributed by atoms with Crippen LogP contribution in [-0.2, 0) is 10.2 Å². The maximum Gasteiger partial charge on any atom is 0.328 e. The highest BCUT2D eigenvalue weighted by Gasteiger charge is 2.52. The first-order valence-corrected chi connectivity index (χ1v) is 11.3. The zero-order valence-corrected chi connectivity index (χ0v) is 17.8. The van der Waals surface area contributed by atoms with Crippen LogP contribution in [0.5, 0.6) is 5.75 Å². The quantitative estimate of drug-likeness (QED) is 0.351. The molecule has 4 bridgehead atoms. The van der Waals surface area contributed by atoms with Crippen molar-refractivity contribution in [1.82, 2.24) is 0 Å². The standard InChI is InChI=1S/C26H29NO4/c1-15-19(4-7-24(29)30)2-5-21(25(15)27-31)20-3-6-23(28)22(11-20)26-12-16-8-17(13-26)10-18(9-16)14-26/h2-7,11,15-18,28,31H,8-10,12-14H2,1H3,(H,29,30). The lowest BCUT2D eigenvalue weighted by Crippen LogP contribution is -2.48. The van der Waals surface area contributed by atoms with Crippen molar-refractivity contribution in [2.45, 2.75) is 50.9 Å². The van der Waals surface area contributed by atoms with E-state index in [2.05, 4.69) is 11.2 Å². The van der Waals surface area contributed by atoms with E-state index in [0.29, 0.717) is 11.5 Å². The molecular weight excluding hydrogens is 390 g/mol. The van der Waals surface area contributed by atoms with Crippen LogP contribution in [0, 0.1) is 23.7 Å². The summed E-state index contributed by atoms with van der Waals surface area (Å²) in [5.41, 5.74) is 4.15. The first-order chi connectivity index (χ1) is 14.9. The zero-order valence-electron chi connectivity index (χ0n) is 17.8. The zero-order chi connectivity index (χ0) is 21.8. The molecule has 1 aromatic rings. The summed E-state index contributed by atoms with van der Waals surface area (Å²) in [5, 5.41) is 33.1. The van der Waals surface area contributed by atoms with Gasteiger partial charge in [-0.3, -0.25) is 0 Å². The molecule has 0 amide bonds. The van der Waals surface area contributed by atoms with Gasteiger partial charge in [-0.25, -0.2) is 4.79 Å². The molecule has 0 spiro atoms. The highest BCUT2D eigenvalue weighted by Crippen LogP contribution is 2.62. The van der Waals surface area contributed by atoms with E-state index in [1.54, 1.807) is 12.1 Å². The molecule has 1 unspecified atom stereocenters. The topological polar surface area (TPSA) is 90.1 Å². The maximum atomic E-state index is 10.9. The van der Waals surface area contributed by atoms with Gasteiger partial charge in [-0.05, 0) is 85.0 Å². The molecule has 3 N–H and O–H groups in total. The van der Waals surface area contributed by atoms with E-state index >= 15 is 0 Å². The van der Waals surface area contributed by atoms with Crippen LogP contribution in [0.1, 0.15) is 56.6 Å². The predicted octanol–water partition coefficient (Wildman–Crippen LogP) is 5.29. The van der Waals surface area contributed by atoms with Crippen LogP contribution in [0.25, 0.3) is 5.57 Å². The van der Waals surface area contributed by atoms with Crippen LogP contribution in [-0.4, -0.2) is 27.1 Å². The minimum absolute atomic E-state index is 0.0669. The molecule has 31 heavy (non-hydrogen) atoms. The lowest BCUT2D eigenvalue weighted by Gasteiger charge is -2.57. The number of oxime groups is 1. The Kier molecular flexibility index (Phi) is 4.80. The van der Waals surface area contributed by atoms with E-state index in [4.69, 9.17) is 5.11 Å². The Morgan fingerprint density at radius 1 is 1.10 bits per heavy atom. The Bertz CT molecular complexity index is 1010. The molecule has 5 aliphatic rings. The molecule has 0 saturated heterocycles. The second kappa shape index (κ2) is 7.40. The molecule has 6 rings (SSSR count). The summed E-state index contributed by atoms with van der Waals surface area (Å²) in [6.45, 7) is 1.90. The fraction of sp³-hybridized carbons (Fsp3) is 0.462. The number of hydrogen-bond donors (Lipinski definition) is 3. The van der Waals surface area contributed by atoms with E-state index in [1.165, 1.54) is 19.3 Å². The molecule has 0 aliphatic heterocycles.